The average molecular weight is 550 g/mol. The van der Waals surface area contributed by atoms with E-state index in [4.69, 9.17) is 8.83 Å². The molecule has 0 unspecified atom stereocenters. The van der Waals surface area contributed by atoms with Crippen molar-refractivity contribution in [3.8, 4) is 16.8 Å². The fourth-order valence-corrected chi connectivity index (χ4v) is 6.95. The molecule has 3 heteroatoms. The molecule has 3 nitrogen and oxygen atoms in total. The fraction of sp³-hybridized carbons (Fsp3) is 0. The SMILES string of the molecule is c1ccc(-n2ccc3cc4c(cc(-c5ccc6oc7ccccc7c6c5)c5cc6c(cc54)oc4ccccc46)cc32)cc1. The molecular formula is C40H23NO2. The molecule has 10 rings (SSSR count). The van der Waals surface area contributed by atoms with Crippen LogP contribution in [0, 0.1) is 0 Å². The van der Waals surface area contributed by atoms with Gasteiger partial charge in [0.15, 0.2) is 0 Å². The Balaban J connectivity index is 1.33. The van der Waals surface area contributed by atoms with E-state index in [1.54, 1.807) is 0 Å². The number of nitrogens with zero attached hydrogens (tertiary/aromatic N) is 1. The quantitative estimate of drug-likeness (QED) is 0.201. The molecule has 200 valence electrons. The van der Waals surface area contributed by atoms with E-state index in [1.165, 1.54) is 38.0 Å². The molecule has 0 atom stereocenters. The third kappa shape index (κ3) is 3.25. The van der Waals surface area contributed by atoms with Crippen molar-refractivity contribution in [2.24, 2.45) is 0 Å². The number of hydrogen-bond acceptors (Lipinski definition) is 2. The van der Waals surface area contributed by atoms with E-state index >= 15 is 0 Å². The van der Waals surface area contributed by atoms with Crippen LogP contribution in [0.25, 0.3) is 93.1 Å². The molecule has 10 aromatic rings. The Labute approximate surface area is 245 Å². The first kappa shape index (κ1) is 22.8. The van der Waals surface area contributed by atoms with E-state index < -0.39 is 0 Å². The smallest absolute Gasteiger partial charge is 0.136 e. The summed E-state index contributed by atoms with van der Waals surface area (Å²) in [5.74, 6) is 0. The summed E-state index contributed by atoms with van der Waals surface area (Å²) in [5, 5.41) is 10.5. The molecule has 3 aromatic heterocycles. The van der Waals surface area contributed by atoms with Crippen LogP contribution in [0.5, 0.6) is 0 Å². The first-order valence-corrected chi connectivity index (χ1v) is 14.6. The number of rotatable bonds is 2. The van der Waals surface area contributed by atoms with Crippen LogP contribution in [-0.4, -0.2) is 4.57 Å². The van der Waals surface area contributed by atoms with Gasteiger partial charge in [0.05, 0.1) is 5.52 Å². The molecule has 0 aliphatic rings. The molecule has 0 bridgehead atoms. The zero-order valence-corrected chi connectivity index (χ0v) is 23.0. The first-order chi connectivity index (χ1) is 21.3. The maximum absolute atomic E-state index is 6.38. The minimum Gasteiger partial charge on any atom is -0.456 e. The van der Waals surface area contributed by atoms with Crippen LogP contribution < -0.4 is 0 Å². The van der Waals surface area contributed by atoms with Gasteiger partial charge in [-0.3, -0.25) is 0 Å². The van der Waals surface area contributed by atoms with E-state index in [9.17, 15) is 0 Å². The molecule has 0 aliphatic heterocycles. The van der Waals surface area contributed by atoms with Gasteiger partial charge in [0.2, 0.25) is 0 Å². The first-order valence-electron chi connectivity index (χ1n) is 14.6. The number of furan rings is 2. The standard InChI is InChI=1S/C40H23NO2/c1-2-8-27(9-3-1)41-17-16-25-19-31-26(21-36(25)41)20-30(24-14-15-39-34(18-24)28-10-4-6-12-37(28)42-39)32-22-35-29-11-5-7-13-38(29)43-40(35)23-33(31)32/h1-23H. The van der Waals surface area contributed by atoms with Crippen LogP contribution in [0.2, 0.25) is 0 Å². The largest absolute Gasteiger partial charge is 0.456 e. The van der Waals surface area contributed by atoms with Crippen LogP contribution in [0.15, 0.2) is 148 Å². The van der Waals surface area contributed by atoms with Crippen molar-refractivity contribution in [3.05, 3.63) is 140 Å². The minimum atomic E-state index is 0.903. The second kappa shape index (κ2) is 8.37. The van der Waals surface area contributed by atoms with E-state index in [2.05, 4.69) is 120 Å². The molecule has 7 aromatic carbocycles. The molecule has 0 saturated heterocycles. The molecular weight excluding hydrogens is 526 g/mol. The molecule has 3 heterocycles. The number of aromatic nitrogens is 1. The maximum atomic E-state index is 6.38. The van der Waals surface area contributed by atoms with Crippen molar-refractivity contribution in [2.75, 3.05) is 0 Å². The van der Waals surface area contributed by atoms with Crippen LogP contribution in [0.3, 0.4) is 0 Å². The van der Waals surface area contributed by atoms with E-state index in [0.29, 0.717) is 0 Å². The highest BCUT2D eigenvalue weighted by Crippen LogP contribution is 2.42. The molecule has 0 aliphatic carbocycles. The third-order valence-corrected chi connectivity index (χ3v) is 8.98. The second-order valence-corrected chi connectivity index (χ2v) is 11.4. The minimum absolute atomic E-state index is 0.903. The summed E-state index contributed by atoms with van der Waals surface area (Å²) in [7, 11) is 0. The van der Waals surface area contributed by atoms with Gasteiger partial charge in [0, 0.05) is 38.8 Å². The fourth-order valence-electron chi connectivity index (χ4n) is 6.95. The topological polar surface area (TPSA) is 31.2 Å². The predicted molar refractivity (Wildman–Crippen MR) is 178 cm³/mol. The van der Waals surface area contributed by atoms with Gasteiger partial charge in [-0.05, 0) is 105 Å². The normalized spacial score (nSPS) is 12.2. The Bertz CT molecular complexity index is 2720. The van der Waals surface area contributed by atoms with Crippen molar-refractivity contribution in [2.45, 2.75) is 0 Å². The maximum Gasteiger partial charge on any atom is 0.136 e. The van der Waals surface area contributed by atoms with Gasteiger partial charge < -0.3 is 13.4 Å². The van der Waals surface area contributed by atoms with Gasteiger partial charge in [-0.2, -0.15) is 0 Å². The third-order valence-electron chi connectivity index (χ3n) is 8.98. The van der Waals surface area contributed by atoms with E-state index in [-0.39, 0.29) is 0 Å². The van der Waals surface area contributed by atoms with Gasteiger partial charge in [-0.15, -0.1) is 0 Å². The molecule has 0 radical (unpaired) electrons. The molecule has 43 heavy (non-hydrogen) atoms. The number of para-hydroxylation sites is 3. The Hall–Kier alpha value is -5.80. The highest BCUT2D eigenvalue weighted by Gasteiger charge is 2.17. The van der Waals surface area contributed by atoms with Gasteiger partial charge >= 0.3 is 0 Å². The summed E-state index contributed by atoms with van der Waals surface area (Å²) in [4.78, 5) is 0. The van der Waals surface area contributed by atoms with Crippen molar-refractivity contribution < 1.29 is 8.83 Å². The van der Waals surface area contributed by atoms with Crippen molar-refractivity contribution >= 4 is 76.3 Å². The zero-order valence-electron chi connectivity index (χ0n) is 23.0. The molecule has 0 amide bonds. The summed E-state index contributed by atoms with van der Waals surface area (Å²) >= 11 is 0. The molecule has 0 saturated carbocycles. The summed E-state index contributed by atoms with van der Waals surface area (Å²) in [6, 6.07) is 47.5. The van der Waals surface area contributed by atoms with E-state index in [1.807, 2.05) is 24.3 Å². The second-order valence-electron chi connectivity index (χ2n) is 11.4. The summed E-state index contributed by atoms with van der Waals surface area (Å²) < 4.78 is 14.8. The van der Waals surface area contributed by atoms with Gasteiger partial charge in [-0.1, -0.05) is 60.7 Å². The lowest BCUT2D eigenvalue weighted by Crippen LogP contribution is -1.91. The number of benzene rings is 7. The highest BCUT2D eigenvalue weighted by atomic mass is 16.3. The lowest BCUT2D eigenvalue weighted by atomic mass is 9.91. The van der Waals surface area contributed by atoms with E-state index in [0.717, 1.165) is 55.1 Å². The molecule has 0 spiro atoms. The lowest BCUT2D eigenvalue weighted by Gasteiger charge is -2.13. The molecule has 0 fully saturated rings. The Morgan fingerprint density at radius 1 is 0.395 bits per heavy atom. The summed E-state index contributed by atoms with van der Waals surface area (Å²) in [5.41, 5.74) is 8.33. The number of fused-ring (bicyclic) bond motifs is 10. The Morgan fingerprint density at radius 3 is 1.91 bits per heavy atom. The zero-order chi connectivity index (χ0) is 28.1. The van der Waals surface area contributed by atoms with Crippen LogP contribution in [0.1, 0.15) is 0 Å². The van der Waals surface area contributed by atoms with Gasteiger partial charge in [0.25, 0.3) is 0 Å². The summed E-state index contributed by atoms with van der Waals surface area (Å²) in [6.45, 7) is 0. The summed E-state index contributed by atoms with van der Waals surface area (Å²) in [6.07, 6.45) is 2.16. The Kier molecular flexibility index (Phi) is 4.45. The van der Waals surface area contributed by atoms with Crippen LogP contribution in [0.4, 0.5) is 0 Å². The highest BCUT2D eigenvalue weighted by molar-refractivity contribution is 6.22. The van der Waals surface area contributed by atoms with Crippen molar-refractivity contribution in [3.63, 3.8) is 0 Å². The van der Waals surface area contributed by atoms with Gasteiger partial charge in [-0.25, -0.2) is 0 Å². The molecule has 0 N–H and O–H groups in total. The van der Waals surface area contributed by atoms with Gasteiger partial charge in [0.1, 0.15) is 22.3 Å². The van der Waals surface area contributed by atoms with Crippen LogP contribution in [-0.2, 0) is 0 Å². The predicted octanol–water partition coefficient (Wildman–Crippen LogP) is 11.4. The Morgan fingerprint density at radius 2 is 1.09 bits per heavy atom. The average Bonchev–Trinajstić information content (AvgIpc) is 3.75. The van der Waals surface area contributed by atoms with Crippen LogP contribution >= 0.6 is 0 Å². The monoisotopic (exact) mass is 549 g/mol. The van der Waals surface area contributed by atoms with Crippen molar-refractivity contribution in [1.29, 1.82) is 0 Å². The lowest BCUT2D eigenvalue weighted by molar-refractivity contribution is 0.669. The number of hydrogen-bond donors (Lipinski definition) is 0. The van der Waals surface area contributed by atoms with Crippen molar-refractivity contribution in [1.82, 2.24) is 4.57 Å².